The highest BCUT2D eigenvalue weighted by Crippen LogP contribution is 2.27. The van der Waals surface area contributed by atoms with Crippen LogP contribution < -0.4 is 4.90 Å². The largest absolute Gasteiger partial charge is 0.382 e. The van der Waals surface area contributed by atoms with Gasteiger partial charge in [0.25, 0.3) is 11.8 Å². The minimum atomic E-state index is -0.877. The topological polar surface area (TPSA) is 79.8 Å². The molecule has 0 aliphatic carbocycles. The fourth-order valence-electron chi connectivity index (χ4n) is 3.01. The van der Waals surface area contributed by atoms with Crippen LogP contribution >= 0.6 is 0 Å². The van der Waals surface area contributed by atoms with Gasteiger partial charge in [-0.15, -0.1) is 0 Å². The minimum absolute atomic E-state index is 0.00829. The molecule has 0 N–H and O–H groups in total. The number of amides is 2. The first-order valence-electron chi connectivity index (χ1n) is 8.24. The number of carbonyl (C=O) groups excluding carboxylic acids is 3. The molecule has 1 aromatic heterocycles. The van der Waals surface area contributed by atoms with Gasteiger partial charge in [0.15, 0.2) is 5.69 Å². The summed E-state index contributed by atoms with van der Waals surface area (Å²) in [5, 5.41) is 1.36. The second-order valence-corrected chi connectivity index (χ2v) is 6.27. The third-order valence-electron chi connectivity index (χ3n) is 4.32. The van der Waals surface area contributed by atoms with Crippen LogP contribution in [-0.2, 0) is 4.84 Å². The van der Waals surface area contributed by atoms with Gasteiger partial charge in [-0.25, -0.2) is 9.78 Å². The third-order valence-corrected chi connectivity index (χ3v) is 4.32. The lowest BCUT2D eigenvalue weighted by Gasteiger charge is -2.17. The number of pyridine rings is 1. The summed E-state index contributed by atoms with van der Waals surface area (Å²) in [6.45, 7) is 0. The highest BCUT2D eigenvalue weighted by atomic mass is 16.7. The number of anilines is 1. The number of nitrogens with zero attached hydrogens (tertiary/aromatic N) is 3. The number of hydrogen-bond acceptors (Lipinski definition) is 6. The van der Waals surface area contributed by atoms with Crippen molar-refractivity contribution in [1.29, 1.82) is 0 Å². The van der Waals surface area contributed by atoms with Crippen molar-refractivity contribution in [2.75, 3.05) is 19.0 Å². The molecule has 0 saturated carbocycles. The van der Waals surface area contributed by atoms with Crippen LogP contribution in [0.3, 0.4) is 0 Å². The Kier molecular flexibility index (Phi) is 3.84. The normalized spacial score (nSPS) is 13.0. The number of hydrogen-bond donors (Lipinski definition) is 0. The van der Waals surface area contributed by atoms with Crippen LogP contribution in [0.2, 0.25) is 0 Å². The summed E-state index contributed by atoms with van der Waals surface area (Å²) in [4.78, 5) is 48.6. The summed E-state index contributed by atoms with van der Waals surface area (Å²) < 4.78 is 0. The monoisotopic (exact) mass is 361 g/mol. The molecule has 0 radical (unpaired) electrons. The summed E-state index contributed by atoms with van der Waals surface area (Å²) in [7, 11) is 3.70. The Morgan fingerprint density at radius 2 is 1.56 bits per heavy atom. The van der Waals surface area contributed by atoms with Crippen molar-refractivity contribution in [3.05, 3.63) is 71.4 Å². The molecule has 2 heterocycles. The number of rotatable bonds is 3. The van der Waals surface area contributed by atoms with Crippen LogP contribution in [0.1, 0.15) is 31.2 Å². The first-order valence-corrected chi connectivity index (χ1v) is 8.24. The van der Waals surface area contributed by atoms with Gasteiger partial charge < -0.3 is 9.74 Å². The van der Waals surface area contributed by atoms with Crippen LogP contribution in [0, 0.1) is 0 Å². The van der Waals surface area contributed by atoms with Crippen LogP contribution in [0.5, 0.6) is 0 Å². The Hall–Kier alpha value is -3.74. The zero-order chi connectivity index (χ0) is 19.1. The van der Waals surface area contributed by atoms with Crippen LogP contribution in [-0.4, -0.2) is 41.9 Å². The first kappa shape index (κ1) is 16.7. The summed E-state index contributed by atoms with van der Waals surface area (Å²) in [6, 6.07) is 15.3. The van der Waals surface area contributed by atoms with Crippen molar-refractivity contribution >= 4 is 34.4 Å². The molecule has 0 spiro atoms. The first-order chi connectivity index (χ1) is 13.0. The van der Waals surface area contributed by atoms with Crippen LogP contribution in [0.25, 0.3) is 10.9 Å². The Bertz CT molecular complexity index is 1070. The minimum Gasteiger partial charge on any atom is -0.377 e. The highest BCUT2D eigenvalue weighted by molar-refractivity contribution is 6.21. The molecular weight excluding hydrogens is 346 g/mol. The number of benzene rings is 2. The number of imide groups is 1. The zero-order valence-electron chi connectivity index (χ0n) is 14.7. The van der Waals surface area contributed by atoms with E-state index in [0.717, 1.165) is 11.1 Å². The van der Waals surface area contributed by atoms with E-state index in [-0.39, 0.29) is 16.8 Å². The van der Waals surface area contributed by atoms with Crippen molar-refractivity contribution in [1.82, 2.24) is 10.0 Å². The molecule has 27 heavy (non-hydrogen) atoms. The van der Waals surface area contributed by atoms with E-state index in [9.17, 15) is 14.4 Å². The van der Waals surface area contributed by atoms with Gasteiger partial charge in [0, 0.05) is 25.2 Å². The maximum atomic E-state index is 12.6. The molecule has 1 aliphatic heterocycles. The molecule has 3 aromatic rings. The Labute approximate surface area is 154 Å². The molecule has 0 atom stereocenters. The van der Waals surface area contributed by atoms with Crippen LogP contribution in [0.15, 0.2) is 54.6 Å². The van der Waals surface area contributed by atoms with Crippen molar-refractivity contribution in [3.63, 3.8) is 0 Å². The van der Waals surface area contributed by atoms with E-state index in [0.29, 0.717) is 10.6 Å². The molecular formula is C20H15N3O4. The summed E-state index contributed by atoms with van der Waals surface area (Å²) >= 11 is 0. The van der Waals surface area contributed by atoms with Gasteiger partial charge in [-0.05, 0) is 24.3 Å². The summed E-state index contributed by atoms with van der Waals surface area (Å²) in [5.74, 6) is -2.21. The van der Waals surface area contributed by atoms with E-state index in [1.54, 1.807) is 24.3 Å². The van der Waals surface area contributed by atoms with Gasteiger partial charge in [0.1, 0.15) is 0 Å². The van der Waals surface area contributed by atoms with E-state index in [2.05, 4.69) is 4.98 Å². The maximum Gasteiger partial charge on any atom is 0.382 e. The van der Waals surface area contributed by atoms with Gasteiger partial charge in [0.05, 0.1) is 16.6 Å². The quantitative estimate of drug-likeness (QED) is 0.667. The summed E-state index contributed by atoms with van der Waals surface area (Å²) in [6.07, 6.45) is 0. The van der Waals surface area contributed by atoms with Crippen molar-refractivity contribution < 1.29 is 19.2 Å². The lowest BCUT2D eigenvalue weighted by Crippen LogP contribution is -2.33. The molecule has 2 amide bonds. The predicted molar refractivity (Wildman–Crippen MR) is 98.4 cm³/mol. The standard InChI is InChI=1S/C20H15N3O4/c1-22(2)17-11-16(21-15-10-6-5-9-14(15)17)20(26)27-23-18(24)12-7-3-4-8-13(12)19(23)25/h3-11H,1-2H3. The van der Waals surface area contributed by atoms with Gasteiger partial charge in [-0.1, -0.05) is 35.4 Å². The second-order valence-electron chi connectivity index (χ2n) is 6.27. The molecule has 7 heteroatoms. The fraction of sp³-hybridized carbons (Fsp3) is 0.100. The van der Waals surface area contributed by atoms with Crippen molar-refractivity contribution in [2.45, 2.75) is 0 Å². The fourth-order valence-corrected chi connectivity index (χ4v) is 3.01. The van der Waals surface area contributed by atoms with Crippen molar-refractivity contribution in [2.24, 2.45) is 0 Å². The predicted octanol–water partition coefficient (Wildman–Crippen LogP) is 2.67. The molecule has 7 nitrogen and oxygen atoms in total. The zero-order valence-corrected chi connectivity index (χ0v) is 14.7. The Morgan fingerprint density at radius 1 is 0.963 bits per heavy atom. The molecule has 4 rings (SSSR count). The molecule has 2 aromatic carbocycles. The molecule has 0 fully saturated rings. The lowest BCUT2D eigenvalue weighted by atomic mass is 10.1. The smallest absolute Gasteiger partial charge is 0.377 e. The van der Waals surface area contributed by atoms with Crippen molar-refractivity contribution in [3.8, 4) is 0 Å². The molecule has 1 aliphatic rings. The molecule has 0 bridgehead atoms. The SMILES string of the molecule is CN(C)c1cc(C(=O)ON2C(=O)c3ccccc3C2=O)nc2ccccc12. The number of carbonyl (C=O) groups is 3. The van der Waals surface area contributed by atoms with E-state index < -0.39 is 17.8 Å². The number of para-hydroxylation sites is 1. The molecule has 0 saturated heterocycles. The average Bonchev–Trinajstić information content (AvgIpc) is 2.92. The lowest BCUT2D eigenvalue weighted by molar-refractivity contribution is -0.0588. The average molecular weight is 361 g/mol. The van der Waals surface area contributed by atoms with Gasteiger partial charge in [-0.3, -0.25) is 9.59 Å². The number of hydroxylamine groups is 2. The number of fused-ring (bicyclic) bond motifs is 2. The van der Waals surface area contributed by atoms with Gasteiger partial charge >= 0.3 is 5.97 Å². The summed E-state index contributed by atoms with van der Waals surface area (Å²) in [5.41, 5.74) is 1.80. The second kappa shape index (κ2) is 6.21. The highest BCUT2D eigenvalue weighted by Gasteiger charge is 2.39. The van der Waals surface area contributed by atoms with E-state index in [1.807, 2.05) is 37.2 Å². The van der Waals surface area contributed by atoms with E-state index in [1.165, 1.54) is 12.1 Å². The Morgan fingerprint density at radius 3 is 2.19 bits per heavy atom. The van der Waals surface area contributed by atoms with Crippen LogP contribution in [0.4, 0.5) is 5.69 Å². The molecule has 0 unspecified atom stereocenters. The maximum absolute atomic E-state index is 12.6. The Balaban J connectivity index is 1.68. The van der Waals surface area contributed by atoms with E-state index in [4.69, 9.17) is 4.84 Å². The van der Waals surface area contributed by atoms with Gasteiger partial charge in [0.2, 0.25) is 0 Å². The van der Waals surface area contributed by atoms with Gasteiger partial charge in [-0.2, -0.15) is 0 Å². The van der Waals surface area contributed by atoms with E-state index >= 15 is 0 Å². The molecule has 134 valence electrons. The number of aromatic nitrogens is 1. The third kappa shape index (κ3) is 2.69.